The van der Waals surface area contributed by atoms with Gasteiger partial charge in [-0.3, -0.25) is 4.90 Å². The van der Waals surface area contributed by atoms with E-state index in [0.29, 0.717) is 12.3 Å². The van der Waals surface area contributed by atoms with E-state index in [4.69, 9.17) is 9.84 Å². The van der Waals surface area contributed by atoms with Gasteiger partial charge in [-0.1, -0.05) is 24.3 Å². The molecule has 182 valence electrons. The Labute approximate surface area is 198 Å². The van der Waals surface area contributed by atoms with E-state index in [1.165, 1.54) is 17.8 Å². The number of benzene rings is 2. The highest BCUT2D eigenvalue weighted by Gasteiger charge is 2.31. The molecule has 8 heteroatoms. The molecule has 4 rings (SSSR count). The summed E-state index contributed by atoms with van der Waals surface area (Å²) >= 11 is 0. The average molecular weight is 473 g/mol. The van der Waals surface area contributed by atoms with Crippen molar-refractivity contribution in [3.05, 3.63) is 77.6 Å². The van der Waals surface area contributed by atoms with E-state index in [2.05, 4.69) is 23.1 Å². The van der Waals surface area contributed by atoms with Gasteiger partial charge in [0.2, 0.25) is 0 Å². The highest BCUT2D eigenvalue weighted by molar-refractivity contribution is 5.49. The van der Waals surface area contributed by atoms with Crippen LogP contribution in [0, 0.1) is 0 Å². The van der Waals surface area contributed by atoms with E-state index in [9.17, 15) is 13.2 Å². The van der Waals surface area contributed by atoms with Gasteiger partial charge in [-0.2, -0.15) is 18.3 Å². The zero-order valence-corrected chi connectivity index (χ0v) is 19.5. The van der Waals surface area contributed by atoms with Crippen LogP contribution in [0.15, 0.2) is 60.7 Å². The maximum absolute atomic E-state index is 13.0. The van der Waals surface area contributed by atoms with Crippen LogP contribution in [0.3, 0.4) is 0 Å². The van der Waals surface area contributed by atoms with Crippen LogP contribution in [0.25, 0.3) is 5.69 Å². The van der Waals surface area contributed by atoms with Gasteiger partial charge in [-0.15, -0.1) is 0 Å². The molecular weight excluding hydrogens is 441 g/mol. The third kappa shape index (κ3) is 6.18. The van der Waals surface area contributed by atoms with Crippen molar-refractivity contribution in [3.63, 3.8) is 0 Å². The Balaban J connectivity index is 1.26. The fourth-order valence-electron chi connectivity index (χ4n) is 4.41. The predicted octanol–water partition coefficient (Wildman–Crippen LogP) is 5.18. The maximum atomic E-state index is 13.0. The van der Waals surface area contributed by atoms with E-state index in [1.54, 1.807) is 13.2 Å². The zero-order valence-electron chi connectivity index (χ0n) is 19.5. The number of anilines is 1. The van der Waals surface area contributed by atoms with E-state index < -0.39 is 11.7 Å². The van der Waals surface area contributed by atoms with Crippen LogP contribution >= 0.6 is 0 Å². The lowest BCUT2D eigenvalue weighted by Crippen LogP contribution is -2.46. The van der Waals surface area contributed by atoms with E-state index in [-0.39, 0.29) is 0 Å². The molecule has 0 N–H and O–H groups in total. The van der Waals surface area contributed by atoms with Gasteiger partial charge in [-0.05, 0) is 62.2 Å². The molecule has 3 aromatic rings. The normalized spacial score (nSPS) is 15.1. The zero-order chi connectivity index (χ0) is 24.0. The molecule has 1 aliphatic rings. The van der Waals surface area contributed by atoms with E-state index >= 15 is 0 Å². The first-order chi connectivity index (χ1) is 16.4. The predicted molar refractivity (Wildman–Crippen MR) is 127 cm³/mol. The van der Waals surface area contributed by atoms with Gasteiger partial charge < -0.3 is 9.64 Å². The first-order valence-corrected chi connectivity index (χ1v) is 11.7. The van der Waals surface area contributed by atoms with Crippen molar-refractivity contribution in [3.8, 4) is 5.69 Å². The van der Waals surface area contributed by atoms with Crippen molar-refractivity contribution in [2.45, 2.75) is 32.0 Å². The summed E-state index contributed by atoms with van der Waals surface area (Å²) in [4.78, 5) is 4.44. The van der Waals surface area contributed by atoms with Crippen molar-refractivity contribution in [1.29, 1.82) is 0 Å². The number of hydrogen-bond acceptors (Lipinski definition) is 4. The van der Waals surface area contributed by atoms with Gasteiger partial charge >= 0.3 is 6.18 Å². The summed E-state index contributed by atoms with van der Waals surface area (Å²) < 4.78 is 46.3. The van der Waals surface area contributed by atoms with Gasteiger partial charge in [0.25, 0.3) is 0 Å². The summed E-state index contributed by atoms with van der Waals surface area (Å²) in [6.07, 6.45) is -1.28. The minimum absolute atomic E-state index is 0.489. The number of aryl methyl sites for hydroxylation is 1. The van der Waals surface area contributed by atoms with Gasteiger partial charge in [0.05, 0.1) is 23.6 Å². The molecule has 2 heterocycles. The average Bonchev–Trinajstić information content (AvgIpc) is 3.25. The third-order valence-electron chi connectivity index (χ3n) is 6.19. The SMILES string of the molecule is COCc1cc(CCCCN2CCN(c3cccc(C(F)(F)F)c3)CC2)n(-c2ccccc2)n1. The van der Waals surface area contributed by atoms with Crippen LogP contribution < -0.4 is 4.90 Å². The number of halogens is 3. The number of unbranched alkanes of at least 4 members (excludes halogenated alkanes) is 1. The monoisotopic (exact) mass is 472 g/mol. The van der Waals surface area contributed by atoms with Gasteiger partial charge in [-0.25, -0.2) is 4.68 Å². The lowest BCUT2D eigenvalue weighted by atomic mass is 10.1. The minimum Gasteiger partial charge on any atom is -0.378 e. The summed E-state index contributed by atoms with van der Waals surface area (Å²) in [5.74, 6) is 0. The number of hydrogen-bond donors (Lipinski definition) is 0. The maximum Gasteiger partial charge on any atom is 0.416 e. The number of rotatable bonds is 9. The second kappa shape index (κ2) is 11.1. The number of nitrogens with zero attached hydrogens (tertiary/aromatic N) is 4. The third-order valence-corrected chi connectivity index (χ3v) is 6.19. The smallest absolute Gasteiger partial charge is 0.378 e. The number of alkyl halides is 3. The standard InChI is InChI=1S/C26H31F3N4O/c1-34-20-22-19-25(33(30-22)23-9-3-2-4-10-23)11-5-6-13-31-14-16-32(17-15-31)24-12-7-8-21(18-24)26(27,28)29/h2-4,7-10,12,18-19H,5-6,11,13-17,20H2,1H3. The molecule has 1 saturated heterocycles. The molecule has 34 heavy (non-hydrogen) atoms. The molecule has 0 saturated carbocycles. The van der Waals surface area contributed by atoms with Crippen molar-refractivity contribution in [2.75, 3.05) is 44.7 Å². The van der Waals surface area contributed by atoms with Crippen molar-refractivity contribution in [1.82, 2.24) is 14.7 Å². The van der Waals surface area contributed by atoms with Crippen LogP contribution in [0.1, 0.15) is 29.8 Å². The summed E-state index contributed by atoms with van der Waals surface area (Å²) in [7, 11) is 1.67. The van der Waals surface area contributed by atoms with E-state index in [0.717, 1.165) is 69.4 Å². The molecular formula is C26H31F3N4O. The fraction of sp³-hybridized carbons (Fsp3) is 0.423. The van der Waals surface area contributed by atoms with Crippen LogP contribution in [-0.4, -0.2) is 54.5 Å². The summed E-state index contributed by atoms with van der Waals surface area (Å²) in [6.45, 7) is 4.67. The first-order valence-electron chi connectivity index (χ1n) is 11.7. The molecule has 0 atom stereocenters. The Hall–Kier alpha value is -2.84. The molecule has 2 aromatic carbocycles. The van der Waals surface area contributed by atoms with Crippen molar-refractivity contribution >= 4 is 5.69 Å². The highest BCUT2D eigenvalue weighted by Crippen LogP contribution is 2.31. The lowest BCUT2D eigenvalue weighted by Gasteiger charge is -2.36. The topological polar surface area (TPSA) is 33.5 Å². The van der Waals surface area contributed by atoms with Crippen molar-refractivity contribution in [2.24, 2.45) is 0 Å². The molecule has 0 spiro atoms. The molecule has 1 aromatic heterocycles. The second-order valence-electron chi connectivity index (χ2n) is 8.64. The molecule has 0 radical (unpaired) electrons. The van der Waals surface area contributed by atoms with Crippen LogP contribution in [0.2, 0.25) is 0 Å². The largest absolute Gasteiger partial charge is 0.416 e. The molecule has 1 aliphatic heterocycles. The Bertz CT molecular complexity index is 1040. The summed E-state index contributed by atoms with van der Waals surface area (Å²) in [5, 5.41) is 4.70. The minimum atomic E-state index is -4.31. The summed E-state index contributed by atoms with van der Waals surface area (Å²) in [5.41, 5.74) is 3.21. The van der Waals surface area contributed by atoms with Crippen LogP contribution in [0.4, 0.5) is 18.9 Å². The number of aromatic nitrogens is 2. The fourth-order valence-corrected chi connectivity index (χ4v) is 4.41. The number of methoxy groups -OCH3 is 1. The van der Waals surface area contributed by atoms with Crippen LogP contribution in [0.5, 0.6) is 0 Å². The summed E-state index contributed by atoms with van der Waals surface area (Å²) in [6, 6.07) is 17.9. The van der Waals surface area contributed by atoms with E-state index in [1.807, 2.05) is 27.8 Å². The molecule has 5 nitrogen and oxygen atoms in total. The first kappa shape index (κ1) is 24.3. The van der Waals surface area contributed by atoms with Crippen molar-refractivity contribution < 1.29 is 17.9 Å². The molecule has 1 fully saturated rings. The molecule has 0 aliphatic carbocycles. The number of para-hydroxylation sites is 1. The Morgan fingerprint density at radius 3 is 2.32 bits per heavy atom. The van der Waals surface area contributed by atoms with Gasteiger partial charge in [0, 0.05) is 44.7 Å². The Kier molecular flexibility index (Phi) is 7.90. The van der Waals surface area contributed by atoms with Gasteiger partial charge in [0.15, 0.2) is 0 Å². The lowest BCUT2D eigenvalue weighted by molar-refractivity contribution is -0.137. The van der Waals surface area contributed by atoms with Gasteiger partial charge in [0.1, 0.15) is 0 Å². The number of ether oxygens (including phenoxy) is 1. The second-order valence-corrected chi connectivity index (χ2v) is 8.64. The quantitative estimate of drug-likeness (QED) is 0.402. The molecule has 0 amide bonds. The Morgan fingerprint density at radius 2 is 1.62 bits per heavy atom. The molecule has 0 unspecified atom stereocenters. The Morgan fingerprint density at radius 1 is 0.882 bits per heavy atom. The van der Waals surface area contributed by atoms with Crippen LogP contribution in [-0.2, 0) is 23.9 Å². The molecule has 0 bridgehead atoms. The highest BCUT2D eigenvalue weighted by atomic mass is 19.4. The number of piperazine rings is 1.